The zero-order chi connectivity index (χ0) is 15.4. The molecule has 1 heterocycles. The van der Waals surface area contributed by atoms with Gasteiger partial charge in [0.25, 0.3) is 10.2 Å². The molecular weight excluding hydrogens is 276 g/mol. The third-order valence-electron chi connectivity index (χ3n) is 3.76. The van der Waals surface area contributed by atoms with Crippen molar-refractivity contribution in [3.05, 3.63) is 0 Å². The van der Waals surface area contributed by atoms with Gasteiger partial charge >= 0.3 is 0 Å². The number of nitrogens with zero attached hydrogens (tertiary/aromatic N) is 2. The molecule has 0 atom stereocenters. The van der Waals surface area contributed by atoms with Crippen molar-refractivity contribution in [3.8, 4) is 0 Å². The fraction of sp³-hybridized carbons (Fsp3) is 1.00. The van der Waals surface area contributed by atoms with E-state index >= 15 is 0 Å². The fourth-order valence-corrected chi connectivity index (χ4v) is 3.65. The van der Waals surface area contributed by atoms with Crippen LogP contribution in [0.3, 0.4) is 0 Å². The van der Waals surface area contributed by atoms with Gasteiger partial charge in [-0.1, -0.05) is 6.92 Å². The summed E-state index contributed by atoms with van der Waals surface area (Å²) in [5.41, 5.74) is -0.175. The van der Waals surface area contributed by atoms with Crippen molar-refractivity contribution in [2.75, 3.05) is 39.3 Å². The Morgan fingerprint density at radius 1 is 1.15 bits per heavy atom. The van der Waals surface area contributed by atoms with E-state index in [9.17, 15) is 8.42 Å². The van der Waals surface area contributed by atoms with Gasteiger partial charge in [-0.3, -0.25) is 4.90 Å². The molecule has 1 fully saturated rings. The summed E-state index contributed by atoms with van der Waals surface area (Å²) in [6.45, 7) is 15.6. The normalized spacial score (nSPS) is 19.7. The van der Waals surface area contributed by atoms with E-state index in [1.807, 2.05) is 13.8 Å². The molecule has 1 saturated heterocycles. The first-order valence-electron chi connectivity index (χ1n) is 7.40. The Labute approximate surface area is 124 Å². The summed E-state index contributed by atoms with van der Waals surface area (Å²) < 4.78 is 28.8. The van der Waals surface area contributed by atoms with E-state index in [4.69, 9.17) is 0 Å². The second kappa shape index (κ2) is 7.17. The first-order chi connectivity index (χ1) is 9.16. The molecule has 2 N–H and O–H groups in total. The van der Waals surface area contributed by atoms with Crippen LogP contribution in [0.25, 0.3) is 0 Å². The Bertz CT molecular complexity index is 387. The summed E-state index contributed by atoms with van der Waals surface area (Å²) in [5, 5.41) is 0. The minimum absolute atomic E-state index is 0.0938. The molecule has 7 heteroatoms. The van der Waals surface area contributed by atoms with Crippen LogP contribution in [0.4, 0.5) is 0 Å². The molecule has 1 rings (SSSR count). The van der Waals surface area contributed by atoms with Crippen molar-refractivity contribution in [2.24, 2.45) is 0 Å². The van der Waals surface area contributed by atoms with E-state index in [0.717, 1.165) is 32.7 Å². The Morgan fingerprint density at radius 2 is 1.70 bits per heavy atom. The molecule has 0 spiro atoms. The SMILES string of the molecule is CCN1CCN(C(C)(C)CNS(=O)(=O)NC(C)C)CC1. The maximum absolute atomic E-state index is 11.8. The highest BCUT2D eigenvalue weighted by molar-refractivity contribution is 7.87. The Morgan fingerprint density at radius 3 is 2.15 bits per heavy atom. The Kier molecular flexibility index (Phi) is 6.40. The summed E-state index contributed by atoms with van der Waals surface area (Å²) in [4.78, 5) is 4.77. The van der Waals surface area contributed by atoms with Gasteiger partial charge in [-0.15, -0.1) is 0 Å². The molecule has 0 aromatic heterocycles. The van der Waals surface area contributed by atoms with E-state index in [1.165, 1.54) is 0 Å². The molecule has 1 aliphatic rings. The van der Waals surface area contributed by atoms with Gasteiger partial charge in [0.15, 0.2) is 0 Å². The zero-order valence-corrected chi connectivity index (χ0v) is 14.3. The molecule has 0 radical (unpaired) electrons. The zero-order valence-electron chi connectivity index (χ0n) is 13.4. The molecule has 20 heavy (non-hydrogen) atoms. The standard InChI is InChI=1S/C13H30N4O2S/c1-6-16-7-9-17(10-8-16)13(4,5)11-14-20(18,19)15-12(2)3/h12,14-15H,6-11H2,1-5H3. The van der Waals surface area contributed by atoms with Gasteiger partial charge in [0.2, 0.25) is 0 Å². The Balaban J connectivity index is 2.49. The highest BCUT2D eigenvalue weighted by Gasteiger charge is 2.30. The van der Waals surface area contributed by atoms with Crippen LogP contribution in [0.1, 0.15) is 34.6 Å². The molecule has 0 aliphatic carbocycles. The molecule has 120 valence electrons. The van der Waals surface area contributed by atoms with Crippen molar-refractivity contribution < 1.29 is 8.42 Å². The van der Waals surface area contributed by atoms with E-state index in [0.29, 0.717) is 6.54 Å². The van der Waals surface area contributed by atoms with Crippen LogP contribution < -0.4 is 9.44 Å². The average molecular weight is 306 g/mol. The maximum atomic E-state index is 11.8. The van der Waals surface area contributed by atoms with Crippen molar-refractivity contribution >= 4 is 10.2 Å². The molecule has 0 aromatic rings. The lowest BCUT2D eigenvalue weighted by Crippen LogP contribution is -2.59. The van der Waals surface area contributed by atoms with Crippen molar-refractivity contribution in [3.63, 3.8) is 0 Å². The third kappa shape index (κ3) is 5.65. The quantitative estimate of drug-likeness (QED) is 0.707. The maximum Gasteiger partial charge on any atom is 0.277 e. The van der Waals surface area contributed by atoms with Crippen LogP contribution in [0.2, 0.25) is 0 Å². The number of likely N-dealkylation sites (N-methyl/N-ethyl adjacent to an activating group) is 1. The van der Waals surface area contributed by atoms with Crippen LogP contribution >= 0.6 is 0 Å². The highest BCUT2D eigenvalue weighted by Crippen LogP contribution is 2.16. The van der Waals surface area contributed by atoms with Gasteiger partial charge in [-0.05, 0) is 34.2 Å². The Hall–Kier alpha value is -0.210. The van der Waals surface area contributed by atoms with Crippen molar-refractivity contribution in [2.45, 2.75) is 46.2 Å². The highest BCUT2D eigenvalue weighted by atomic mass is 32.2. The molecule has 0 saturated carbocycles. The van der Waals surface area contributed by atoms with Gasteiger partial charge in [0, 0.05) is 44.3 Å². The molecule has 1 aliphatic heterocycles. The minimum Gasteiger partial charge on any atom is -0.301 e. The van der Waals surface area contributed by atoms with Gasteiger partial charge in [0.05, 0.1) is 0 Å². The number of rotatable bonds is 7. The van der Waals surface area contributed by atoms with Crippen LogP contribution in [-0.2, 0) is 10.2 Å². The van der Waals surface area contributed by atoms with Crippen molar-refractivity contribution in [1.29, 1.82) is 0 Å². The summed E-state index contributed by atoms with van der Waals surface area (Å²) >= 11 is 0. The lowest BCUT2D eigenvalue weighted by atomic mass is 10.0. The van der Waals surface area contributed by atoms with E-state index in [2.05, 4.69) is 40.0 Å². The summed E-state index contributed by atoms with van der Waals surface area (Å²) in [7, 11) is -3.41. The monoisotopic (exact) mass is 306 g/mol. The summed E-state index contributed by atoms with van der Waals surface area (Å²) in [5.74, 6) is 0. The van der Waals surface area contributed by atoms with E-state index in [-0.39, 0.29) is 11.6 Å². The predicted molar refractivity (Wildman–Crippen MR) is 83.0 cm³/mol. The van der Waals surface area contributed by atoms with Gasteiger partial charge in [0.1, 0.15) is 0 Å². The molecular formula is C13H30N4O2S. The second-order valence-corrected chi connectivity index (χ2v) is 7.86. The molecule has 0 unspecified atom stereocenters. The van der Waals surface area contributed by atoms with Crippen LogP contribution in [-0.4, -0.2) is 69.1 Å². The van der Waals surface area contributed by atoms with Crippen LogP contribution in [0, 0.1) is 0 Å². The fourth-order valence-electron chi connectivity index (χ4n) is 2.40. The first kappa shape index (κ1) is 17.8. The third-order valence-corrected chi connectivity index (χ3v) is 5.07. The van der Waals surface area contributed by atoms with Gasteiger partial charge < -0.3 is 4.90 Å². The molecule has 0 amide bonds. The minimum atomic E-state index is -3.41. The number of hydrogen-bond acceptors (Lipinski definition) is 4. The number of nitrogens with one attached hydrogen (secondary N) is 2. The van der Waals surface area contributed by atoms with Crippen LogP contribution in [0.5, 0.6) is 0 Å². The lowest BCUT2D eigenvalue weighted by molar-refractivity contribution is 0.0571. The smallest absolute Gasteiger partial charge is 0.277 e. The molecule has 6 nitrogen and oxygen atoms in total. The first-order valence-corrected chi connectivity index (χ1v) is 8.89. The summed E-state index contributed by atoms with van der Waals surface area (Å²) in [6, 6.07) is -0.0938. The van der Waals surface area contributed by atoms with Gasteiger partial charge in [-0.2, -0.15) is 13.1 Å². The lowest BCUT2D eigenvalue weighted by Gasteiger charge is -2.44. The average Bonchev–Trinajstić information content (AvgIpc) is 2.35. The van der Waals surface area contributed by atoms with E-state index < -0.39 is 10.2 Å². The largest absolute Gasteiger partial charge is 0.301 e. The topological polar surface area (TPSA) is 64.7 Å². The second-order valence-electron chi connectivity index (χ2n) is 6.33. The number of piperazine rings is 1. The molecule has 0 bridgehead atoms. The predicted octanol–water partition coefficient (Wildman–Crippen LogP) is 0.235. The van der Waals surface area contributed by atoms with Crippen LogP contribution in [0.15, 0.2) is 0 Å². The van der Waals surface area contributed by atoms with Gasteiger partial charge in [-0.25, -0.2) is 4.72 Å². The number of hydrogen-bond donors (Lipinski definition) is 2. The van der Waals surface area contributed by atoms with E-state index in [1.54, 1.807) is 0 Å². The van der Waals surface area contributed by atoms with Crippen molar-refractivity contribution in [1.82, 2.24) is 19.2 Å². The summed E-state index contributed by atoms with van der Waals surface area (Å²) in [6.07, 6.45) is 0. The molecule has 0 aromatic carbocycles.